The van der Waals surface area contributed by atoms with E-state index in [-0.39, 0.29) is 24.2 Å². The number of carbonyl (C=O) groups is 2. The van der Waals surface area contributed by atoms with Crippen LogP contribution in [-0.4, -0.2) is 30.5 Å². The van der Waals surface area contributed by atoms with Crippen molar-refractivity contribution in [3.8, 4) is 0 Å². The van der Waals surface area contributed by atoms with Crippen LogP contribution >= 0.6 is 11.6 Å². The molecule has 0 aromatic heterocycles. The minimum absolute atomic E-state index is 0.159. The lowest BCUT2D eigenvalue weighted by Gasteiger charge is -2.17. The van der Waals surface area contributed by atoms with Crippen LogP contribution in [0.25, 0.3) is 0 Å². The highest BCUT2D eigenvalue weighted by Gasteiger charge is 2.34. The molecule has 3 unspecified atom stereocenters. The molecule has 1 aliphatic rings. The van der Waals surface area contributed by atoms with Crippen LogP contribution in [0, 0.1) is 11.8 Å². The summed E-state index contributed by atoms with van der Waals surface area (Å²) in [4.78, 5) is 22.6. The molecule has 1 rings (SSSR count). The molecule has 0 spiro atoms. The van der Waals surface area contributed by atoms with E-state index in [9.17, 15) is 9.59 Å². The maximum Gasteiger partial charge on any atom is 0.344 e. The Morgan fingerprint density at radius 3 is 2.61 bits per heavy atom. The molecule has 18 heavy (non-hydrogen) atoms. The zero-order valence-corrected chi connectivity index (χ0v) is 11.5. The van der Waals surface area contributed by atoms with Crippen molar-refractivity contribution in [3.63, 3.8) is 0 Å². The fourth-order valence-electron chi connectivity index (χ4n) is 2.11. The van der Waals surface area contributed by atoms with E-state index in [1.54, 1.807) is 0 Å². The molecule has 0 bridgehead atoms. The summed E-state index contributed by atoms with van der Waals surface area (Å²) in [5.74, 6) is 0.0693. The molecule has 0 aromatic carbocycles. The van der Waals surface area contributed by atoms with Crippen molar-refractivity contribution in [1.29, 1.82) is 0 Å². The van der Waals surface area contributed by atoms with Gasteiger partial charge in [-0.1, -0.05) is 13.5 Å². The summed E-state index contributed by atoms with van der Waals surface area (Å²) in [5, 5.41) is 0. The van der Waals surface area contributed by atoms with Crippen molar-refractivity contribution in [2.75, 3.05) is 12.5 Å². The number of alkyl halides is 1. The summed E-state index contributed by atoms with van der Waals surface area (Å²) in [7, 11) is 0. The second kappa shape index (κ2) is 6.78. The van der Waals surface area contributed by atoms with E-state index in [1.807, 2.05) is 0 Å². The molecule has 1 aliphatic carbocycles. The lowest BCUT2D eigenvalue weighted by atomic mass is 10.1. The van der Waals surface area contributed by atoms with Crippen molar-refractivity contribution in [1.82, 2.24) is 0 Å². The van der Waals surface area contributed by atoms with Crippen LogP contribution in [0.5, 0.6) is 0 Å². The molecule has 0 heterocycles. The molecule has 4 nitrogen and oxygen atoms in total. The van der Waals surface area contributed by atoms with Crippen LogP contribution in [0.3, 0.4) is 0 Å². The van der Waals surface area contributed by atoms with Gasteiger partial charge in [0.25, 0.3) is 0 Å². The number of ether oxygens (including phenoxy) is 2. The summed E-state index contributed by atoms with van der Waals surface area (Å²) in [6, 6.07) is 0. The van der Waals surface area contributed by atoms with Gasteiger partial charge in [0, 0.05) is 17.4 Å². The first-order chi connectivity index (χ1) is 8.43. The van der Waals surface area contributed by atoms with Crippen molar-refractivity contribution >= 4 is 23.5 Å². The van der Waals surface area contributed by atoms with Crippen molar-refractivity contribution in [3.05, 3.63) is 12.2 Å². The van der Waals surface area contributed by atoms with Gasteiger partial charge in [-0.3, -0.25) is 0 Å². The Kier molecular flexibility index (Phi) is 5.66. The molecule has 0 amide bonds. The minimum Gasteiger partial charge on any atom is -0.460 e. The van der Waals surface area contributed by atoms with Gasteiger partial charge in [-0.05, 0) is 25.7 Å². The lowest BCUT2D eigenvalue weighted by molar-refractivity contribution is -0.161. The molecule has 1 fully saturated rings. The van der Waals surface area contributed by atoms with Crippen molar-refractivity contribution < 1.29 is 19.1 Å². The summed E-state index contributed by atoms with van der Waals surface area (Å²) >= 11 is 5.83. The lowest BCUT2D eigenvalue weighted by Crippen LogP contribution is -2.26. The first-order valence-corrected chi connectivity index (χ1v) is 6.55. The summed E-state index contributed by atoms with van der Waals surface area (Å²) in [6.45, 7) is 6.69. The van der Waals surface area contributed by atoms with Gasteiger partial charge in [0.15, 0.2) is 6.61 Å². The van der Waals surface area contributed by atoms with Gasteiger partial charge in [-0.15, -0.1) is 11.6 Å². The highest BCUT2D eigenvalue weighted by molar-refractivity contribution is 6.18. The summed E-state index contributed by atoms with van der Waals surface area (Å²) in [6.07, 6.45) is 1.62. The summed E-state index contributed by atoms with van der Waals surface area (Å²) in [5.41, 5.74) is 0.260. The minimum atomic E-state index is -0.583. The number of hydrogen-bond donors (Lipinski definition) is 0. The monoisotopic (exact) mass is 274 g/mol. The smallest absolute Gasteiger partial charge is 0.344 e. The van der Waals surface area contributed by atoms with Gasteiger partial charge in [-0.2, -0.15) is 0 Å². The molecule has 0 N–H and O–H groups in total. The largest absolute Gasteiger partial charge is 0.460 e. The molecular weight excluding hydrogens is 256 g/mol. The molecule has 3 atom stereocenters. The van der Waals surface area contributed by atoms with Gasteiger partial charge in [-0.25, -0.2) is 9.59 Å². The second-order valence-corrected chi connectivity index (χ2v) is 5.18. The van der Waals surface area contributed by atoms with Gasteiger partial charge in [0.05, 0.1) is 0 Å². The third-order valence-electron chi connectivity index (χ3n) is 3.02. The van der Waals surface area contributed by atoms with Crippen LogP contribution in [-0.2, 0) is 19.1 Å². The van der Waals surface area contributed by atoms with Crippen LogP contribution in [0.4, 0.5) is 0 Å². The molecule has 102 valence electrons. The van der Waals surface area contributed by atoms with E-state index in [1.165, 1.54) is 6.92 Å². The third kappa shape index (κ3) is 4.33. The van der Waals surface area contributed by atoms with Crippen molar-refractivity contribution in [2.24, 2.45) is 11.8 Å². The summed E-state index contributed by atoms with van der Waals surface area (Å²) < 4.78 is 10.0. The zero-order valence-electron chi connectivity index (χ0n) is 10.8. The first-order valence-electron chi connectivity index (χ1n) is 6.02. The Labute approximate surface area is 112 Å². The normalized spacial score (nSPS) is 26.7. The predicted octanol–water partition coefficient (Wildman–Crippen LogP) is 2.30. The first kappa shape index (κ1) is 15.0. The predicted molar refractivity (Wildman–Crippen MR) is 68.3 cm³/mol. The van der Waals surface area contributed by atoms with Gasteiger partial charge >= 0.3 is 11.9 Å². The third-order valence-corrected chi connectivity index (χ3v) is 3.41. The van der Waals surface area contributed by atoms with Gasteiger partial charge in [0.2, 0.25) is 0 Å². The maximum absolute atomic E-state index is 11.5. The Balaban J connectivity index is 2.36. The Morgan fingerprint density at radius 2 is 2.06 bits per heavy atom. The van der Waals surface area contributed by atoms with E-state index in [0.717, 1.165) is 12.8 Å². The van der Waals surface area contributed by atoms with E-state index >= 15 is 0 Å². The highest BCUT2D eigenvalue weighted by Crippen LogP contribution is 2.33. The van der Waals surface area contributed by atoms with Gasteiger partial charge < -0.3 is 9.47 Å². The molecule has 0 radical (unpaired) electrons. The number of rotatable bonds is 5. The van der Waals surface area contributed by atoms with E-state index in [4.69, 9.17) is 21.1 Å². The molecule has 5 heteroatoms. The number of hydrogen-bond acceptors (Lipinski definition) is 4. The highest BCUT2D eigenvalue weighted by atomic mass is 35.5. The average molecular weight is 275 g/mol. The van der Waals surface area contributed by atoms with Crippen LogP contribution in [0.15, 0.2) is 12.2 Å². The van der Waals surface area contributed by atoms with Crippen LogP contribution in [0.1, 0.15) is 26.7 Å². The molecular formula is C13H19ClO4. The second-order valence-electron chi connectivity index (χ2n) is 4.88. The van der Waals surface area contributed by atoms with E-state index < -0.39 is 11.9 Å². The topological polar surface area (TPSA) is 52.6 Å². The fraction of sp³-hybridized carbons (Fsp3) is 0.692. The van der Waals surface area contributed by atoms with Crippen LogP contribution in [0.2, 0.25) is 0 Å². The van der Waals surface area contributed by atoms with Crippen molar-refractivity contribution in [2.45, 2.75) is 32.8 Å². The maximum atomic E-state index is 11.5. The molecule has 0 aromatic rings. The van der Waals surface area contributed by atoms with E-state index in [0.29, 0.717) is 11.8 Å². The number of halogens is 1. The van der Waals surface area contributed by atoms with Crippen LogP contribution < -0.4 is 0 Å². The quantitative estimate of drug-likeness (QED) is 0.439. The fourth-order valence-corrected chi connectivity index (χ4v) is 2.44. The average Bonchev–Trinajstić information content (AvgIpc) is 2.66. The van der Waals surface area contributed by atoms with Gasteiger partial charge in [0.1, 0.15) is 6.10 Å². The molecule has 1 saturated carbocycles. The van der Waals surface area contributed by atoms with E-state index in [2.05, 4.69) is 13.5 Å². The standard InChI is InChI=1S/C13H19ClO4/c1-8(2)13(16)17-7-12(15)18-11-5-9(3)4-10(11)6-14/h9-11H,1,4-7H2,2-3H3. The Hall–Kier alpha value is -1.03. The zero-order chi connectivity index (χ0) is 13.7. The Bertz CT molecular complexity index is 340. The number of esters is 2. The number of carbonyl (C=O) groups excluding carboxylic acids is 2. The molecule has 0 aliphatic heterocycles. The Morgan fingerprint density at radius 1 is 1.39 bits per heavy atom. The molecule has 0 saturated heterocycles. The SMILES string of the molecule is C=C(C)C(=O)OCC(=O)OC1CC(C)CC1CCl.